The third-order valence-electron chi connectivity index (χ3n) is 6.92. The predicted octanol–water partition coefficient (Wildman–Crippen LogP) is 4.11. The van der Waals surface area contributed by atoms with Gasteiger partial charge in [0.15, 0.2) is 6.61 Å². The summed E-state index contributed by atoms with van der Waals surface area (Å²) in [6, 6.07) is 13.1. The number of carbonyl (C=O) groups excluding carboxylic acids is 3. The van der Waals surface area contributed by atoms with Crippen molar-refractivity contribution in [3.63, 3.8) is 0 Å². The van der Waals surface area contributed by atoms with Gasteiger partial charge in [-0.3, -0.25) is 9.59 Å². The molecular weight excluding hydrogens is 633 g/mol. The maximum absolute atomic E-state index is 13.0. The van der Waals surface area contributed by atoms with Gasteiger partial charge in [0.25, 0.3) is 5.91 Å². The van der Waals surface area contributed by atoms with Crippen molar-refractivity contribution in [1.82, 2.24) is 25.2 Å². The lowest BCUT2D eigenvalue weighted by Gasteiger charge is -2.33. The van der Waals surface area contributed by atoms with Crippen molar-refractivity contribution in [3.8, 4) is 11.8 Å². The van der Waals surface area contributed by atoms with Gasteiger partial charge in [-0.05, 0) is 53.3 Å². The van der Waals surface area contributed by atoms with Gasteiger partial charge < -0.3 is 29.7 Å². The fraction of sp³-hybridized carbons (Fsp3) is 0.394. The van der Waals surface area contributed by atoms with Crippen LogP contribution in [-0.2, 0) is 27.3 Å². The van der Waals surface area contributed by atoms with Gasteiger partial charge in [-0.1, -0.05) is 44.7 Å². The maximum atomic E-state index is 13.0. The minimum Gasteiger partial charge on any atom is -0.489 e. The molecule has 48 heavy (non-hydrogen) atoms. The minimum absolute atomic E-state index is 0.0150. The lowest BCUT2D eigenvalue weighted by Crippen LogP contribution is -2.47. The second-order valence-electron chi connectivity index (χ2n) is 11.9. The summed E-state index contributed by atoms with van der Waals surface area (Å²) in [6.07, 6.45) is -4.46. The molecule has 256 valence electrons. The van der Waals surface area contributed by atoms with Crippen molar-refractivity contribution in [1.29, 1.82) is 0 Å². The molecule has 0 radical (unpaired) electrons. The van der Waals surface area contributed by atoms with Gasteiger partial charge in [-0.2, -0.15) is 28.1 Å². The van der Waals surface area contributed by atoms with E-state index in [0.29, 0.717) is 22.4 Å². The number of ether oxygens (including phenoxy) is 3. The maximum Gasteiger partial charge on any atom is 0.422 e. The van der Waals surface area contributed by atoms with E-state index < -0.39 is 36.1 Å². The third kappa shape index (κ3) is 11.0. The number of carbonyl (C=O) groups is 3. The van der Waals surface area contributed by atoms with Crippen LogP contribution in [-0.4, -0.2) is 83.3 Å². The number of amides is 2. The molecule has 7 rings (SSSR count). The Morgan fingerprint density at radius 3 is 2.38 bits per heavy atom. The first-order valence-electron chi connectivity index (χ1n) is 15.1. The summed E-state index contributed by atoms with van der Waals surface area (Å²) < 4.78 is 54.2. The average molecular weight is 671 g/mol. The smallest absolute Gasteiger partial charge is 0.422 e. The number of hydrogen-bond donors (Lipinski definition) is 2. The number of anilines is 1. The quantitative estimate of drug-likeness (QED) is 0.237. The molecule has 2 N–H and O–H groups in total. The molecule has 0 saturated carbocycles. The number of benzene rings is 2. The molecule has 5 heterocycles. The van der Waals surface area contributed by atoms with Crippen LogP contribution < -0.4 is 20.1 Å². The zero-order valence-electron chi connectivity index (χ0n) is 26.9. The molecule has 15 heteroatoms. The van der Waals surface area contributed by atoms with Crippen LogP contribution in [0.2, 0.25) is 0 Å². The molecule has 0 atom stereocenters. The number of nitrogens with zero attached hydrogens (tertiary/aromatic N) is 4. The van der Waals surface area contributed by atoms with Crippen molar-refractivity contribution in [2.75, 3.05) is 44.8 Å². The Bertz CT molecular complexity index is 1610. The highest BCUT2D eigenvalue weighted by atomic mass is 19.4. The Morgan fingerprint density at radius 2 is 1.71 bits per heavy atom. The molecule has 0 unspecified atom stereocenters. The average Bonchev–Trinajstić information content (AvgIpc) is 3.04. The topological polar surface area (TPSA) is 145 Å². The van der Waals surface area contributed by atoms with Gasteiger partial charge in [-0.25, -0.2) is 4.79 Å². The van der Waals surface area contributed by atoms with Gasteiger partial charge in [0.2, 0.25) is 5.95 Å². The molecule has 0 spiro atoms. The number of hydrogen-bond acceptors (Lipinski definition) is 10. The van der Waals surface area contributed by atoms with E-state index in [9.17, 15) is 27.6 Å². The summed E-state index contributed by atoms with van der Waals surface area (Å²) in [7, 11) is 0. The minimum atomic E-state index is -4.58. The van der Waals surface area contributed by atoms with Crippen LogP contribution in [0.3, 0.4) is 0 Å². The standard InChI is InChI=1S/C33H37F3N6O6/c1-5-46-29(45)28(44)42-16-21(2)17-47-25-12-8-23(9-13-25)15-37-30-39-26(40-31(41-30)48-20-33(34,35)36)14-22-6-10-24(11-7-22)27(43)38-18-32(3,4)19-42/h6-13H,2,5,14-20H2,1,3-4H3,(H,38,43)(H,37,39,40,41). The summed E-state index contributed by atoms with van der Waals surface area (Å²) in [6.45, 7) is 8.35. The van der Waals surface area contributed by atoms with Gasteiger partial charge in [0.05, 0.1) is 6.61 Å². The van der Waals surface area contributed by atoms with E-state index in [1.165, 1.54) is 4.90 Å². The third-order valence-corrected chi connectivity index (χ3v) is 6.92. The number of aromatic nitrogens is 3. The first-order chi connectivity index (χ1) is 22.7. The zero-order chi connectivity index (χ0) is 34.9. The summed E-state index contributed by atoms with van der Waals surface area (Å²) in [5, 5.41) is 5.86. The van der Waals surface area contributed by atoms with E-state index >= 15 is 0 Å². The molecule has 2 amide bonds. The second kappa shape index (κ2) is 15.6. The van der Waals surface area contributed by atoms with Gasteiger partial charge in [-0.15, -0.1) is 0 Å². The first-order valence-corrected chi connectivity index (χ1v) is 15.1. The Morgan fingerprint density at radius 1 is 1.02 bits per heavy atom. The monoisotopic (exact) mass is 670 g/mol. The van der Waals surface area contributed by atoms with E-state index in [1.54, 1.807) is 55.5 Å². The van der Waals surface area contributed by atoms with Crippen LogP contribution in [0.4, 0.5) is 19.1 Å². The lowest BCUT2D eigenvalue weighted by atomic mass is 9.92. The molecule has 0 saturated heterocycles. The van der Waals surface area contributed by atoms with Crippen molar-refractivity contribution in [2.24, 2.45) is 5.41 Å². The summed E-state index contributed by atoms with van der Waals surface area (Å²) in [5.41, 5.74) is 1.68. The van der Waals surface area contributed by atoms with Crippen molar-refractivity contribution < 1.29 is 41.8 Å². The molecule has 0 fully saturated rings. The number of esters is 1. The fourth-order valence-electron chi connectivity index (χ4n) is 4.63. The molecular formula is C33H37F3N6O6. The van der Waals surface area contributed by atoms with E-state index in [1.807, 2.05) is 13.8 Å². The molecule has 0 aliphatic carbocycles. The molecule has 4 aliphatic heterocycles. The van der Waals surface area contributed by atoms with E-state index in [-0.39, 0.29) is 63.5 Å². The number of rotatable bonds is 3. The SMILES string of the molecule is C=C1COc2ccc(cc2)CNc2nc(nc(OCC(F)(F)F)n2)Cc2ccc(cc2)C(=O)NCC(C)(C)CN(C(=O)C(=O)OCC)C1. The normalized spacial score (nSPS) is 15.8. The summed E-state index contributed by atoms with van der Waals surface area (Å²) >= 11 is 0. The van der Waals surface area contributed by atoms with Gasteiger partial charge >= 0.3 is 24.1 Å². The molecule has 3 aromatic rings. The summed E-state index contributed by atoms with van der Waals surface area (Å²) in [4.78, 5) is 52.2. The van der Waals surface area contributed by atoms with Crippen molar-refractivity contribution >= 4 is 23.7 Å². The van der Waals surface area contributed by atoms with Crippen LogP contribution >= 0.6 is 0 Å². The first kappa shape index (κ1) is 35.6. The lowest BCUT2D eigenvalue weighted by molar-refractivity contribution is -0.160. The Kier molecular flexibility index (Phi) is 11.6. The predicted molar refractivity (Wildman–Crippen MR) is 168 cm³/mol. The number of nitrogens with one attached hydrogen (secondary N) is 2. The second-order valence-corrected chi connectivity index (χ2v) is 11.9. The zero-order valence-corrected chi connectivity index (χ0v) is 26.9. The van der Waals surface area contributed by atoms with Gasteiger partial charge in [0.1, 0.15) is 18.2 Å². The highest BCUT2D eigenvalue weighted by Gasteiger charge is 2.31. The molecule has 6 bridgehead atoms. The van der Waals surface area contributed by atoms with Crippen LogP contribution in [0.5, 0.6) is 11.8 Å². The van der Waals surface area contributed by atoms with E-state index in [4.69, 9.17) is 14.2 Å². The largest absolute Gasteiger partial charge is 0.489 e. The number of halogens is 3. The van der Waals surface area contributed by atoms with Crippen LogP contribution in [0, 0.1) is 5.41 Å². The van der Waals surface area contributed by atoms with Gasteiger partial charge in [0, 0.05) is 38.2 Å². The van der Waals surface area contributed by atoms with Crippen LogP contribution in [0.1, 0.15) is 48.1 Å². The van der Waals surface area contributed by atoms with E-state index in [2.05, 4.69) is 32.2 Å². The van der Waals surface area contributed by atoms with E-state index in [0.717, 1.165) is 5.56 Å². The Balaban J connectivity index is 1.61. The molecule has 12 nitrogen and oxygen atoms in total. The fourth-order valence-corrected chi connectivity index (χ4v) is 4.63. The number of alkyl halides is 3. The van der Waals surface area contributed by atoms with Crippen molar-refractivity contribution in [2.45, 2.75) is 39.9 Å². The molecule has 2 aromatic carbocycles. The summed E-state index contributed by atoms with van der Waals surface area (Å²) in [5.74, 6) is -1.50. The van der Waals surface area contributed by atoms with Crippen molar-refractivity contribution in [3.05, 3.63) is 83.2 Å². The van der Waals surface area contributed by atoms with Crippen LogP contribution in [0.25, 0.3) is 0 Å². The highest BCUT2D eigenvalue weighted by Crippen LogP contribution is 2.21. The molecule has 4 aliphatic rings. The Hall–Kier alpha value is -5.21. The molecule has 1 aromatic heterocycles. The highest BCUT2D eigenvalue weighted by molar-refractivity contribution is 6.32. The van der Waals surface area contributed by atoms with Crippen LogP contribution in [0.15, 0.2) is 60.7 Å². The Labute approximate surface area is 275 Å².